The van der Waals surface area contributed by atoms with Crippen molar-refractivity contribution in [3.8, 4) is 0 Å². The second-order valence-electron chi connectivity index (χ2n) is 4.34. The number of benzene rings is 1. The highest BCUT2D eigenvalue weighted by Gasteiger charge is 2.23. The maximum Gasteiger partial charge on any atom is 0.253 e. The number of hydrogen-bond acceptors (Lipinski definition) is 4. The van der Waals surface area contributed by atoms with Gasteiger partial charge < -0.3 is 10.1 Å². The lowest BCUT2D eigenvalue weighted by Crippen LogP contribution is -2.35. The van der Waals surface area contributed by atoms with Crippen LogP contribution in [0.1, 0.15) is 16.8 Å². The van der Waals surface area contributed by atoms with Gasteiger partial charge in [0.1, 0.15) is 10.7 Å². The third-order valence-electron chi connectivity index (χ3n) is 2.84. The second kappa shape index (κ2) is 5.65. The molecule has 20 heavy (non-hydrogen) atoms. The summed E-state index contributed by atoms with van der Waals surface area (Å²) in [6.45, 7) is 0.900. The zero-order valence-electron chi connectivity index (χ0n) is 10.2. The van der Waals surface area contributed by atoms with Gasteiger partial charge in [0.25, 0.3) is 5.91 Å². The highest BCUT2D eigenvalue weighted by atomic mass is 35.5. The third kappa shape index (κ3) is 3.26. The molecule has 1 aromatic rings. The molecular formula is C11H12ClFN2O4S. The van der Waals surface area contributed by atoms with E-state index < -0.39 is 26.6 Å². The maximum atomic E-state index is 13.5. The Labute approximate surface area is 120 Å². The van der Waals surface area contributed by atoms with E-state index >= 15 is 0 Å². The molecule has 1 fully saturated rings. The molecule has 6 nitrogen and oxygen atoms in total. The van der Waals surface area contributed by atoms with Gasteiger partial charge in [-0.25, -0.2) is 17.9 Å². The molecule has 0 spiro atoms. The molecule has 1 heterocycles. The van der Waals surface area contributed by atoms with Gasteiger partial charge in [-0.05, 0) is 18.6 Å². The van der Waals surface area contributed by atoms with Gasteiger partial charge in [-0.2, -0.15) is 0 Å². The molecule has 1 aliphatic heterocycles. The summed E-state index contributed by atoms with van der Waals surface area (Å²) in [5.74, 6) is -1.70. The monoisotopic (exact) mass is 322 g/mol. The maximum absolute atomic E-state index is 13.5. The Hall–Kier alpha value is -1.22. The van der Waals surface area contributed by atoms with Crippen LogP contribution in [-0.2, 0) is 14.8 Å². The highest BCUT2D eigenvalue weighted by Crippen LogP contribution is 2.23. The van der Waals surface area contributed by atoms with Gasteiger partial charge >= 0.3 is 0 Å². The predicted octanol–water partition coefficient (Wildman–Crippen LogP) is 0.645. The van der Waals surface area contributed by atoms with E-state index in [4.69, 9.17) is 21.5 Å². The standard InChI is InChI=1S/C11H12ClFN2O4S/c12-8-4-9(13)10(20(14,17)18)3-7(8)11(16)15-6-1-2-19-5-6/h3-4,6H,1-2,5H2,(H,15,16)(H2,14,17,18). The first-order chi connectivity index (χ1) is 9.29. The largest absolute Gasteiger partial charge is 0.379 e. The Morgan fingerprint density at radius 1 is 1.50 bits per heavy atom. The molecule has 0 saturated carbocycles. The molecule has 1 unspecified atom stereocenters. The van der Waals surface area contributed by atoms with Gasteiger partial charge in [0, 0.05) is 6.61 Å². The molecule has 0 aromatic heterocycles. The van der Waals surface area contributed by atoms with Crippen molar-refractivity contribution in [1.29, 1.82) is 0 Å². The number of sulfonamides is 1. The van der Waals surface area contributed by atoms with Gasteiger partial charge in [-0.1, -0.05) is 11.6 Å². The van der Waals surface area contributed by atoms with Crippen molar-refractivity contribution in [3.63, 3.8) is 0 Å². The Morgan fingerprint density at radius 3 is 2.75 bits per heavy atom. The van der Waals surface area contributed by atoms with Crippen LogP contribution in [0.25, 0.3) is 0 Å². The fraction of sp³-hybridized carbons (Fsp3) is 0.364. The highest BCUT2D eigenvalue weighted by molar-refractivity contribution is 7.89. The Bertz CT molecular complexity index is 644. The molecule has 9 heteroatoms. The fourth-order valence-electron chi connectivity index (χ4n) is 1.83. The van der Waals surface area contributed by atoms with Crippen molar-refractivity contribution in [2.45, 2.75) is 17.4 Å². The third-order valence-corrected chi connectivity index (χ3v) is 4.08. The number of carbonyl (C=O) groups is 1. The van der Waals surface area contributed by atoms with E-state index in [0.29, 0.717) is 19.6 Å². The molecule has 1 atom stereocenters. The number of hydrogen-bond donors (Lipinski definition) is 2. The molecule has 3 N–H and O–H groups in total. The van der Waals surface area contributed by atoms with Crippen molar-refractivity contribution in [1.82, 2.24) is 5.32 Å². The summed E-state index contributed by atoms with van der Waals surface area (Å²) in [7, 11) is -4.27. The number of halogens is 2. The average Bonchev–Trinajstić information content (AvgIpc) is 2.79. The van der Waals surface area contributed by atoms with Gasteiger partial charge in [0.15, 0.2) is 0 Å². The molecule has 110 valence electrons. The fourth-order valence-corrected chi connectivity index (χ4v) is 2.68. The zero-order chi connectivity index (χ0) is 14.9. The second-order valence-corrected chi connectivity index (χ2v) is 6.28. The average molecular weight is 323 g/mol. The van der Waals surface area contributed by atoms with E-state index in [2.05, 4.69) is 5.32 Å². The van der Waals surface area contributed by atoms with E-state index in [9.17, 15) is 17.6 Å². The van der Waals surface area contributed by atoms with Crippen LogP contribution < -0.4 is 10.5 Å². The van der Waals surface area contributed by atoms with Crippen LogP contribution in [0, 0.1) is 5.82 Å². The van der Waals surface area contributed by atoms with Crippen molar-refractivity contribution in [2.24, 2.45) is 5.14 Å². The summed E-state index contributed by atoms with van der Waals surface area (Å²) < 4.78 is 41.1. The van der Waals surface area contributed by atoms with E-state index in [-0.39, 0.29) is 16.6 Å². The molecule has 1 amide bonds. The number of ether oxygens (including phenoxy) is 1. The smallest absolute Gasteiger partial charge is 0.253 e. The van der Waals surface area contributed by atoms with Gasteiger partial charge in [-0.15, -0.1) is 0 Å². The van der Waals surface area contributed by atoms with Crippen LogP contribution in [0.3, 0.4) is 0 Å². The molecule has 0 bridgehead atoms. The normalized spacial score (nSPS) is 19.1. The van der Waals surface area contributed by atoms with Gasteiger partial charge in [-0.3, -0.25) is 4.79 Å². The first-order valence-corrected chi connectivity index (χ1v) is 7.62. The quantitative estimate of drug-likeness (QED) is 0.853. The minimum Gasteiger partial charge on any atom is -0.379 e. The summed E-state index contributed by atoms with van der Waals surface area (Å²) >= 11 is 5.76. The molecule has 0 aliphatic carbocycles. The van der Waals surface area contributed by atoms with E-state index in [1.807, 2.05) is 0 Å². The molecular weight excluding hydrogens is 311 g/mol. The van der Waals surface area contributed by atoms with Crippen LogP contribution in [-0.4, -0.2) is 33.6 Å². The summed E-state index contributed by atoms with van der Waals surface area (Å²) in [5, 5.41) is 7.32. The van der Waals surface area contributed by atoms with Gasteiger partial charge in [0.2, 0.25) is 10.0 Å². The Balaban J connectivity index is 2.33. The lowest BCUT2D eigenvalue weighted by atomic mass is 10.2. The summed E-state index contributed by atoms with van der Waals surface area (Å²) in [6, 6.07) is 1.40. The van der Waals surface area contributed by atoms with Crippen LogP contribution >= 0.6 is 11.6 Å². The molecule has 1 saturated heterocycles. The zero-order valence-corrected chi connectivity index (χ0v) is 11.8. The minimum atomic E-state index is -4.27. The van der Waals surface area contributed by atoms with E-state index in [1.54, 1.807) is 0 Å². The number of rotatable bonds is 3. The topological polar surface area (TPSA) is 98.5 Å². The van der Waals surface area contributed by atoms with Crippen LogP contribution in [0.2, 0.25) is 5.02 Å². The summed E-state index contributed by atoms with van der Waals surface area (Å²) in [6.07, 6.45) is 0.645. The van der Waals surface area contributed by atoms with E-state index in [0.717, 1.165) is 12.1 Å². The van der Waals surface area contributed by atoms with Crippen LogP contribution in [0.4, 0.5) is 4.39 Å². The van der Waals surface area contributed by atoms with Crippen LogP contribution in [0.5, 0.6) is 0 Å². The van der Waals surface area contributed by atoms with Crippen LogP contribution in [0.15, 0.2) is 17.0 Å². The molecule has 1 aliphatic rings. The first kappa shape index (κ1) is 15.2. The van der Waals surface area contributed by atoms with E-state index in [1.165, 1.54) is 0 Å². The lowest BCUT2D eigenvalue weighted by Gasteiger charge is -2.12. The summed E-state index contributed by atoms with van der Waals surface area (Å²) in [5.41, 5.74) is -0.149. The first-order valence-electron chi connectivity index (χ1n) is 5.69. The number of nitrogens with two attached hydrogens (primary N) is 1. The Morgan fingerprint density at radius 2 is 2.20 bits per heavy atom. The van der Waals surface area contributed by atoms with Crippen molar-refractivity contribution in [2.75, 3.05) is 13.2 Å². The minimum absolute atomic E-state index is 0.149. The van der Waals surface area contributed by atoms with Gasteiger partial charge in [0.05, 0.1) is 23.2 Å². The number of amides is 1. The molecule has 0 radical (unpaired) electrons. The van der Waals surface area contributed by atoms with Crippen molar-refractivity contribution < 1.29 is 22.3 Å². The molecule has 2 rings (SSSR count). The SMILES string of the molecule is NS(=O)(=O)c1cc(C(=O)NC2CCOC2)c(Cl)cc1F. The van der Waals surface area contributed by atoms with Crippen molar-refractivity contribution in [3.05, 3.63) is 28.5 Å². The Kier molecular flexibility index (Phi) is 4.28. The number of carbonyl (C=O) groups excluding carboxylic acids is 1. The number of primary sulfonamides is 1. The van der Waals surface area contributed by atoms with Crippen molar-refractivity contribution >= 4 is 27.5 Å². The summed E-state index contributed by atoms with van der Waals surface area (Å²) in [4.78, 5) is 11.2. The number of nitrogens with one attached hydrogen (secondary N) is 1. The molecule has 1 aromatic carbocycles. The predicted molar refractivity (Wildman–Crippen MR) is 69.5 cm³/mol. The lowest BCUT2D eigenvalue weighted by molar-refractivity contribution is 0.0930.